The van der Waals surface area contributed by atoms with Gasteiger partial charge >= 0.3 is 0 Å². The molecule has 1 unspecified atom stereocenters. The summed E-state index contributed by atoms with van der Waals surface area (Å²) in [5.41, 5.74) is 0. The van der Waals surface area contributed by atoms with E-state index in [9.17, 15) is 5.11 Å². The number of hydrogen-bond acceptors (Lipinski definition) is 8. The van der Waals surface area contributed by atoms with Crippen molar-refractivity contribution in [2.24, 2.45) is 0 Å². The lowest BCUT2D eigenvalue weighted by Gasteiger charge is -2.47. The Kier molecular flexibility index (Phi) is 6.50. The van der Waals surface area contributed by atoms with Crippen molar-refractivity contribution in [1.29, 1.82) is 0 Å². The minimum absolute atomic E-state index is 0.198. The number of likely N-dealkylation sites (tertiary alicyclic amines) is 1. The average molecular weight is 365 g/mol. The molecule has 0 radical (unpaired) electrons. The number of anilines is 1. The number of piperazine rings is 1. The maximum absolute atomic E-state index is 9.57. The monoisotopic (exact) mass is 365 g/mol. The zero-order chi connectivity index (χ0) is 18.5. The second kappa shape index (κ2) is 8.83. The zero-order valence-corrected chi connectivity index (χ0v) is 16.1. The van der Waals surface area contributed by atoms with E-state index in [0.29, 0.717) is 29.8 Å². The van der Waals surface area contributed by atoms with Gasteiger partial charge in [0.05, 0.1) is 20.3 Å². The normalized spacial score (nSPS) is 23.2. The molecule has 1 aromatic rings. The number of nitrogens with zero attached hydrogens (tertiary/aromatic N) is 5. The smallest absolute Gasteiger partial charge is 0.232 e. The Labute approximate surface area is 155 Å². The van der Waals surface area contributed by atoms with Crippen LogP contribution in [0.15, 0.2) is 6.07 Å². The summed E-state index contributed by atoms with van der Waals surface area (Å²) in [4.78, 5) is 16.1. The van der Waals surface area contributed by atoms with Gasteiger partial charge in [0.25, 0.3) is 0 Å². The largest absolute Gasteiger partial charge is 0.481 e. The third-order valence-electron chi connectivity index (χ3n) is 5.52. The Morgan fingerprint density at radius 1 is 1.08 bits per heavy atom. The third kappa shape index (κ3) is 4.36. The molecule has 0 aromatic carbocycles. The van der Waals surface area contributed by atoms with Crippen LogP contribution in [-0.4, -0.2) is 97.6 Å². The summed E-state index contributed by atoms with van der Waals surface area (Å²) < 4.78 is 10.6. The predicted octanol–water partition coefficient (Wildman–Crippen LogP) is 0.461. The molecule has 0 spiro atoms. The van der Waals surface area contributed by atoms with Crippen molar-refractivity contribution < 1.29 is 14.6 Å². The molecule has 1 atom stereocenters. The highest BCUT2D eigenvalue weighted by Gasteiger charge is 2.34. The number of ether oxygens (including phenoxy) is 2. The number of aliphatic hydroxyl groups excluding tert-OH is 1. The van der Waals surface area contributed by atoms with Gasteiger partial charge in [-0.15, -0.1) is 0 Å². The first-order chi connectivity index (χ1) is 12.6. The number of aliphatic hydroxyl groups is 1. The van der Waals surface area contributed by atoms with Crippen LogP contribution in [0.3, 0.4) is 0 Å². The average Bonchev–Trinajstić information content (AvgIpc) is 2.68. The third-order valence-corrected chi connectivity index (χ3v) is 5.52. The van der Waals surface area contributed by atoms with Crippen LogP contribution in [0.2, 0.25) is 0 Å². The summed E-state index contributed by atoms with van der Waals surface area (Å²) in [7, 11) is 5.38. The fourth-order valence-corrected chi connectivity index (χ4v) is 4.01. The Balaban J connectivity index is 1.73. The van der Waals surface area contributed by atoms with E-state index in [-0.39, 0.29) is 6.61 Å². The lowest BCUT2D eigenvalue weighted by atomic mass is 9.98. The van der Waals surface area contributed by atoms with Crippen LogP contribution in [0.4, 0.5) is 5.95 Å². The predicted molar refractivity (Wildman–Crippen MR) is 100 cm³/mol. The molecule has 2 aliphatic rings. The quantitative estimate of drug-likeness (QED) is 0.779. The molecular formula is C18H31N5O3. The molecule has 2 saturated heterocycles. The van der Waals surface area contributed by atoms with E-state index in [0.717, 1.165) is 39.1 Å². The van der Waals surface area contributed by atoms with Crippen molar-refractivity contribution >= 4 is 5.95 Å². The minimum Gasteiger partial charge on any atom is -0.481 e. The molecule has 0 bridgehead atoms. The van der Waals surface area contributed by atoms with E-state index >= 15 is 0 Å². The van der Waals surface area contributed by atoms with Gasteiger partial charge in [0, 0.05) is 38.3 Å². The van der Waals surface area contributed by atoms with Crippen LogP contribution in [0.5, 0.6) is 11.8 Å². The second-order valence-corrected chi connectivity index (χ2v) is 7.14. The Morgan fingerprint density at radius 2 is 1.73 bits per heavy atom. The Hall–Kier alpha value is -1.64. The number of aromatic nitrogens is 2. The van der Waals surface area contributed by atoms with Gasteiger partial charge in [-0.25, -0.2) is 0 Å². The van der Waals surface area contributed by atoms with E-state index in [1.54, 1.807) is 20.3 Å². The van der Waals surface area contributed by atoms with E-state index in [1.807, 2.05) is 0 Å². The van der Waals surface area contributed by atoms with E-state index in [4.69, 9.17) is 9.47 Å². The summed E-state index contributed by atoms with van der Waals surface area (Å²) in [6.45, 7) is 5.12. The fourth-order valence-electron chi connectivity index (χ4n) is 4.01. The second-order valence-electron chi connectivity index (χ2n) is 7.14. The molecule has 1 N–H and O–H groups in total. The van der Waals surface area contributed by atoms with Crippen molar-refractivity contribution in [2.75, 3.05) is 65.5 Å². The molecule has 8 nitrogen and oxygen atoms in total. The standard InChI is InChI=1S/C18H31N5O3/c1-21-7-4-14(5-8-21)23-10-9-22(13-15(23)6-11-24)18-19-16(25-2)12-17(20-18)26-3/h12,14-15,24H,4-11,13H2,1-3H3. The van der Waals surface area contributed by atoms with Gasteiger partial charge in [-0.2, -0.15) is 9.97 Å². The Morgan fingerprint density at radius 3 is 2.31 bits per heavy atom. The van der Waals surface area contributed by atoms with Crippen LogP contribution in [0, 0.1) is 0 Å². The minimum atomic E-state index is 0.198. The summed E-state index contributed by atoms with van der Waals surface area (Å²) in [5.74, 6) is 1.64. The van der Waals surface area contributed by atoms with Crippen LogP contribution in [0.1, 0.15) is 19.3 Å². The first kappa shape index (κ1) is 19.1. The molecule has 2 fully saturated rings. The lowest BCUT2D eigenvalue weighted by Crippen LogP contribution is -2.58. The first-order valence-electron chi connectivity index (χ1n) is 9.41. The molecule has 0 aliphatic carbocycles. The molecule has 3 heterocycles. The molecule has 1 aromatic heterocycles. The van der Waals surface area contributed by atoms with Gasteiger partial charge in [0.1, 0.15) is 0 Å². The molecule has 26 heavy (non-hydrogen) atoms. The lowest BCUT2D eigenvalue weighted by molar-refractivity contribution is 0.0594. The van der Waals surface area contributed by atoms with Crippen molar-refractivity contribution in [3.05, 3.63) is 6.07 Å². The highest BCUT2D eigenvalue weighted by molar-refractivity contribution is 5.37. The highest BCUT2D eigenvalue weighted by Crippen LogP contribution is 2.26. The van der Waals surface area contributed by atoms with Crippen molar-refractivity contribution in [2.45, 2.75) is 31.3 Å². The van der Waals surface area contributed by atoms with Gasteiger partial charge < -0.3 is 24.4 Å². The van der Waals surface area contributed by atoms with Crippen LogP contribution in [0.25, 0.3) is 0 Å². The van der Waals surface area contributed by atoms with E-state index in [2.05, 4.69) is 31.7 Å². The van der Waals surface area contributed by atoms with Crippen LogP contribution >= 0.6 is 0 Å². The summed E-state index contributed by atoms with van der Waals surface area (Å²) >= 11 is 0. The number of hydrogen-bond donors (Lipinski definition) is 1. The Bertz CT molecular complexity index is 558. The van der Waals surface area contributed by atoms with Crippen LogP contribution < -0.4 is 14.4 Å². The number of rotatable bonds is 6. The van der Waals surface area contributed by atoms with Crippen molar-refractivity contribution in [3.8, 4) is 11.8 Å². The van der Waals surface area contributed by atoms with E-state index < -0.39 is 0 Å². The van der Waals surface area contributed by atoms with Gasteiger partial charge in [-0.3, -0.25) is 4.90 Å². The van der Waals surface area contributed by atoms with Crippen molar-refractivity contribution in [1.82, 2.24) is 19.8 Å². The summed E-state index contributed by atoms with van der Waals surface area (Å²) in [5, 5.41) is 9.57. The van der Waals surface area contributed by atoms with Gasteiger partial charge in [-0.05, 0) is 39.4 Å². The van der Waals surface area contributed by atoms with Crippen molar-refractivity contribution in [3.63, 3.8) is 0 Å². The number of piperidine rings is 1. The van der Waals surface area contributed by atoms with Gasteiger partial charge in [0.15, 0.2) is 0 Å². The summed E-state index contributed by atoms with van der Waals surface area (Å²) in [6.07, 6.45) is 3.16. The number of methoxy groups -OCH3 is 2. The molecule has 2 aliphatic heterocycles. The SMILES string of the molecule is COc1cc(OC)nc(N2CCN(C3CCN(C)CC3)C(CCO)C2)n1. The molecule has 146 valence electrons. The maximum Gasteiger partial charge on any atom is 0.232 e. The molecule has 0 saturated carbocycles. The molecule has 0 amide bonds. The first-order valence-corrected chi connectivity index (χ1v) is 9.41. The highest BCUT2D eigenvalue weighted by atomic mass is 16.5. The maximum atomic E-state index is 9.57. The topological polar surface area (TPSA) is 74.2 Å². The fraction of sp³-hybridized carbons (Fsp3) is 0.778. The van der Waals surface area contributed by atoms with Gasteiger partial charge in [-0.1, -0.05) is 0 Å². The summed E-state index contributed by atoms with van der Waals surface area (Å²) in [6, 6.07) is 2.59. The van der Waals surface area contributed by atoms with Gasteiger partial charge in [0.2, 0.25) is 17.7 Å². The van der Waals surface area contributed by atoms with Crippen LogP contribution in [-0.2, 0) is 0 Å². The van der Waals surface area contributed by atoms with E-state index in [1.165, 1.54) is 12.8 Å². The molecular weight excluding hydrogens is 334 g/mol. The zero-order valence-electron chi connectivity index (χ0n) is 16.1. The molecule has 3 rings (SSSR count). The molecule has 8 heteroatoms.